The summed E-state index contributed by atoms with van der Waals surface area (Å²) in [6.07, 6.45) is 0. The van der Waals surface area contributed by atoms with Gasteiger partial charge in [0.25, 0.3) is 0 Å². The van der Waals surface area contributed by atoms with E-state index in [1.165, 1.54) is 12.1 Å². The van der Waals surface area contributed by atoms with Crippen LogP contribution in [0, 0.1) is 5.82 Å². The smallest absolute Gasteiger partial charge is 0.321 e. The Balaban J connectivity index is 2.20. The first-order valence-electron chi connectivity index (χ1n) is 8.09. The van der Waals surface area contributed by atoms with Gasteiger partial charge in [0.1, 0.15) is 11.9 Å². The molecule has 2 rings (SSSR count). The Labute approximate surface area is 146 Å². The van der Waals surface area contributed by atoms with E-state index in [9.17, 15) is 14.0 Å². The highest BCUT2D eigenvalue weighted by molar-refractivity contribution is 5.97. The third kappa shape index (κ3) is 5.39. The van der Waals surface area contributed by atoms with Gasteiger partial charge in [-0.2, -0.15) is 0 Å². The quantitative estimate of drug-likeness (QED) is 0.848. The summed E-state index contributed by atoms with van der Waals surface area (Å²) in [5, 5.41) is 4.91. The molecule has 0 spiro atoms. The Bertz CT molecular complexity index is 704. The molecule has 0 aliphatic carbocycles. The van der Waals surface area contributed by atoms with Gasteiger partial charge in [0.15, 0.2) is 0 Å². The van der Waals surface area contributed by atoms with Crippen molar-refractivity contribution >= 4 is 11.9 Å². The van der Waals surface area contributed by atoms with E-state index < -0.39 is 18.0 Å². The van der Waals surface area contributed by atoms with Crippen LogP contribution in [0.1, 0.15) is 24.1 Å². The Hall–Kier alpha value is -2.73. The van der Waals surface area contributed by atoms with Crippen LogP contribution in [0.5, 0.6) is 0 Å². The lowest BCUT2D eigenvalue weighted by atomic mass is 10.0. The van der Waals surface area contributed by atoms with Gasteiger partial charge in [-0.25, -0.2) is 9.18 Å². The van der Waals surface area contributed by atoms with Crippen molar-refractivity contribution in [3.05, 3.63) is 71.5 Å². The number of halogens is 1. The second-order valence-corrected chi connectivity index (χ2v) is 5.70. The van der Waals surface area contributed by atoms with E-state index in [0.29, 0.717) is 13.1 Å². The van der Waals surface area contributed by atoms with Crippen molar-refractivity contribution in [2.45, 2.75) is 19.5 Å². The summed E-state index contributed by atoms with van der Waals surface area (Å²) in [4.78, 5) is 26.2. The molecular weight excluding hydrogens is 321 g/mol. The van der Waals surface area contributed by atoms with Gasteiger partial charge in [-0.3, -0.25) is 15.0 Å². The van der Waals surface area contributed by atoms with Crippen LogP contribution in [-0.2, 0) is 11.3 Å². The molecule has 3 amide bonds. The Kier molecular flexibility index (Phi) is 6.65. The highest BCUT2D eigenvalue weighted by Crippen LogP contribution is 2.21. The number of imide groups is 1. The lowest BCUT2D eigenvalue weighted by Crippen LogP contribution is -2.45. The topological polar surface area (TPSA) is 61.4 Å². The summed E-state index contributed by atoms with van der Waals surface area (Å²) in [6, 6.07) is 14.2. The highest BCUT2D eigenvalue weighted by Gasteiger charge is 2.26. The maximum absolute atomic E-state index is 13.1. The number of benzene rings is 2. The first kappa shape index (κ1) is 18.6. The van der Waals surface area contributed by atoms with Crippen LogP contribution < -0.4 is 10.6 Å². The van der Waals surface area contributed by atoms with Gasteiger partial charge >= 0.3 is 6.03 Å². The maximum Gasteiger partial charge on any atom is 0.321 e. The third-order valence-corrected chi connectivity index (χ3v) is 3.72. The molecule has 6 heteroatoms. The van der Waals surface area contributed by atoms with Gasteiger partial charge < -0.3 is 5.32 Å². The fraction of sp³-hybridized carbons (Fsp3) is 0.263. The van der Waals surface area contributed by atoms with Gasteiger partial charge in [-0.15, -0.1) is 0 Å². The van der Waals surface area contributed by atoms with E-state index in [1.54, 1.807) is 26.1 Å². The van der Waals surface area contributed by atoms with Gasteiger partial charge in [0, 0.05) is 13.1 Å². The van der Waals surface area contributed by atoms with Gasteiger partial charge in [-0.1, -0.05) is 42.5 Å². The number of likely N-dealkylation sites (N-methyl/N-ethyl adjacent to an activating group) is 1. The number of nitrogens with one attached hydrogen (secondary N) is 2. The molecule has 0 aromatic heterocycles. The molecule has 0 heterocycles. The average molecular weight is 343 g/mol. The van der Waals surface area contributed by atoms with Crippen LogP contribution in [0.25, 0.3) is 0 Å². The predicted octanol–water partition coefficient (Wildman–Crippen LogP) is 2.84. The Morgan fingerprint density at radius 3 is 2.32 bits per heavy atom. The van der Waals surface area contributed by atoms with E-state index in [1.807, 2.05) is 35.2 Å². The van der Waals surface area contributed by atoms with E-state index >= 15 is 0 Å². The van der Waals surface area contributed by atoms with Crippen molar-refractivity contribution in [1.29, 1.82) is 0 Å². The highest BCUT2D eigenvalue weighted by atomic mass is 19.1. The molecule has 5 nitrogen and oxygen atoms in total. The first-order chi connectivity index (χ1) is 12.0. The molecule has 2 aromatic rings. The molecule has 1 atom stereocenters. The van der Waals surface area contributed by atoms with Crippen molar-refractivity contribution in [2.24, 2.45) is 0 Å². The summed E-state index contributed by atoms with van der Waals surface area (Å²) in [7, 11) is 1.79. The zero-order chi connectivity index (χ0) is 18.2. The Morgan fingerprint density at radius 2 is 1.72 bits per heavy atom. The minimum Gasteiger partial charge on any atom is -0.338 e. The molecule has 0 unspecified atom stereocenters. The number of urea groups is 1. The normalized spacial score (nSPS) is 11.8. The second kappa shape index (κ2) is 8.94. The summed E-state index contributed by atoms with van der Waals surface area (Å²) in [6.45, 7) is 2.64. The standard InChI is InChI=1S/C19H22FN3O2/c1-3-21-19(25)22-18(24)17(15-7-5-4-6-8-15)23(2)13-14-9-11-16(20)12-10-14/h4-12,17H,3,13H2,1-2H3,(H2,21,22,24,25)/t17-/m1/s1. The molecule has 0 aliphatic heterocycles. The maximum atomic E-state index is 13.1. The monoisotopic (exact) mass is 343 g/mol. The van der Waals surface area contributed by atoms with Crippen molar-refractivity contribution in [1.82, 2.24) is 15.5 Å². The van der Waals surface area contributed by atoms with E-state index in [0.717, 1.165) is 11.1 Å². The largest absolute Gasteiger partial charge is 0.338 e. The molecule has 132 valence electrons. The summed E-state index contributed by atoms with van der Waals surface area (Å²) < 4.78 is 13.1. The number of amides is 3. The molecule has 0 aliphatic rings. The Morgan fingerprint density at radius 1 is 1.08 bits per heavy atom. The van der Waals surface area contributed by atoms with Crippen molar-refractivity contribution in [2.75, 3.05) is 13.6 Å². The van der Waals surface area contributed by atoms with E-state index in [-0.39, 0.29) is 5.82 Å². The third-order valence-electron chi connectivity index (χ3n) is 3.72. The minimum absolute atomic E-state index is 0.306. The molecule has 0 fully saturated rings. The molecule has 0 saturated carbocycles. The number of nitrogens with zero attached hydrogens (tertiary/aromatic N) is 1. The SMILES string of the molecule is CCNC(=O)NC(=O)[C@@H](c1ccccc1)N(C)Cc1ccc(F)cc1. The lowest BCUT2D eigenvalue weighted by molar-refractivity contribution is -0.125. The molecule has 2 aromatic carbocycles. The molecule has 2 N–H and O–H groups in total. The van der Waals surface area contributed by atoms with Crippen LogP contribution in [0.15, 0.2) is 54.6 Å². The lowest BCUT2D eigenvalue weighted by Gasteiger charge is -2.27. The van der Waals surface area contributed by atoms with Crippen LogP contribution >= 0.6 is 0 Å². The fourth-order valence-electron chi connectivity index (χ4n) is 2.60. The van der Waals surface area contributed by atoms with Gasteiger partial charge in [0.05, 0.1) is 0 Å². The minimum atomic E-state index is -0.645. The van der Waals surface area contributed by atoms with Crippen LogP contribution in [0.3, 0.4) is 0 Å². The van der Waals surface area contributed by atoms with Crippen LogP contribution in [0.4, 0.5) is 9.18 Å². The number of hydrogen-bond donors (Lipinski definition) is 2. The van der Waals surface area contributed by atoms with Crippen molar-refractivity contribution in [3.63, 3.8) is 0 Å². The van der Waals surface area contributed by atoms with Crippen LogP contribution in [0.2, 0.25) is 0 Å². The zero-order valence-electron chi connectivity index (χ0n) is 14.3. The molecular formula is C19H22FN3O2. The second-order valence-electron chi connectivity index (χ2n) is 5.70. The molecule has 25 heavy (non-hydrogen) atoms. The summed E-state index contributed by atoms with van der Waals surface area (Å²) in [5.41, 5.74) is 1.64. The number of rotatable bonds is 6. The molecule has 0 saturated heterocycles. The van der Waals surface area contributed by atoms with E-state index in [4.69, 9.17) is 0 Å². The molecule has 0 radical (unpaired) electrons. The van der Waals surface area contributed by atoms with Crippen molar-refractivity contribution < 1.29 is 14.0 Å². The van der Waals surface area contributed by atoms with Gasteiger partial charge in [0.2, 0.25) is 5.91 Å². The fourth-order valence-corrected chi connectivity index (χ4v) is 2.60. The zero-order valence-corrected chi connectivity index (χ0v) is 14.3. The predicted molar refractivity (Wildman–Crippen MR) is 94.3 cm³/mol. The number of carbonyl (C=O) groups is 2. The van der Waals surface area contributed by atoms with Gasteiger partial charge in [-0.05, 0) is 37.2 Å². The summed E-state index contributed by atoms with van der Waals surface area (Å²) >= 11 is 0. The molecule has 0 bridgehead atoms. The van der Waals surface area contributed by atoms with Crippen molar-refractivity contribution in [3.8, 4) is 0 Å². The first-order valence-corrected chi connectivity index (χ1v) is 8.09. The number of hydrogen-bond acceptors (Lipinski definition) is 3. The number of carbonyl (C=O) groups excluding carboxylic acids is 2. The van der Waals surface area contributed by atoms with Crippen LogP contribution in [-0.4, -0.2) is 30.4 Å². The van der Waals surface area contributed by atoms with E-state index in [2.05, 4.69) is 10.6 Å². The summed E-state index contributed by atoms with van der Waals surface area (Å²) in [5.74, 6) is -0.721. The average Bonchev–Trinajstić information content (AvgIpc) is 2.58.